The predicted molar refractivity (Wildman–Crippen MR) is 110 cm³/mol. The van der Waals surface area contributed by atoms with Crippen LogP contribution in [-0.2, 0) is 4.74 Å². The Morgan fingerprint density at radius 3 is 2.89 bits per heavy atom. The number of methoxy groups -OCH3 is 1. The first-order chi connectivity index (χ1) is 13.5. The third-order valence-electron chi connectivity index (χ3n) is 4.77. The van der Waals surface area contributed by atoms with Crippen LogP contribution in [0.1, 0.15) is 19.8 Å². The molecule has 1 unspecified atom stereocenters. The van der Waals surface area contributed by atoms with Crippen LogP contribution < -0.4 is 15.5 Å². The Bertz CT molecular complexity index is 629. The standard InChI is InChI=1S/C20H33F2N5O/c1-4-23-20(24-9-5-10-26(2)12-13-28-3)25-17-8-11-27(15-17)19-7-6-16(21)14-18(19)22/h6-7,14,17H,4-5,8-13,15H2,1-3H3,(H2,23,24,25). The van der Waals surface area contributed by atoms with Crippen LogP contribution >= 0.6 is 0 Å². The molecule has 1 fully saturated rings. The molecule has 158 valence electrons. The van der Waals surface area contributed by atoms with Crippen molar-refractivity contribution in [2.24, 2.45) is 4.99 Å². The summed E-state index contributed by atoms with van der Waals surface area (Å²) in [5.41, 5.74) is 0.451. The van der Waals surface area contributed by atoms with Crippen molar-refractivity contribution in [1.29, 1.82) is 0 Å². The van der Waals surface area contributed by atoms with E-state index in [1.807, 2.05) is 11.8 Å². The van der Waals surface area contributed by atoms with E-state index in [-0.39, 0.29) is 6.04 Å². The summed E-state index contributed by atoms with van der Waals surface area (Å²) in [4.78, 5) is 8.82. The van der Waals surface area contributed by atoms with Gasteiger partial charge in [0.1, 0.15) is 11.6 Å². The molecule has 2 N–H and O–H groups in total. The molecule has 1 heterocycles. The van der Waals surface area contributed by atoms with Crippen molar-refractivity contribution in [1.82, 2.24) is 15.5 Å². The summed E-state index contributed by atoms with van der Waals surface area (Å²) < 4.78 is 32.2. The Morgan fingerprint density at radius 2 is 2.18 bits per heavy atom. The van der Waals surface area contributed by atoms with Crippen LogP contribution in [-0.4, -0.2) is 76.9 Å². The molecular formula is C20H33F2N5O. The Morgan fingerprint density at radius 1 is 1.36 bits per heavy atom. The van der Waals surface area contributed by atoms with E-state index in [4.69, 9.17) is 4.74 Å². The fourth-order valence-electron chi connectivity index (χ4n) is 3.24. The highest BCUT2D eigenvalue weighted by Crippen LogP contribution is 2.24. The highest BCUT2D eigenvalue weighted by atomic mass is 19.1. The minimum absolute atomic E-state index is 0.173. The average Bonchev–Trinajstić information content (AvgIpc) is 3.11. The molecule has 0 saturated carbocycles. The van der Waals surface area contributed by atoms with Crippen molar-refractivity contribution >= 4 is 11.6 Å². The molecule has 1 aliphatic rings. The van der Waals surface area contributed by atoms with E-state index < -0.39 is 11.6 Å². The first-order valence-corrected chi connectivity index (χ1v) is 9.95. The fourth-order valence-corrected chi connectivity index (χ4v) is 3.24. The monoisotopic (exact) mass is 397 g/mol. The maximum Gasteiger partial charge on any atom is 0.191 e. The van der Waals surface area contributed by atoms with Crippen LogP contribution in [0, 0.1) is 11.6 Å². The topological polar surface area (TPSA) is 52.1 Å². The molecule has 0 aromatic heterocycles. The van der Waals surface area contributed by atoms with Gasteiger partial charge in [0, 0.05) is 51.9 Å². The van der Waals surface area contributed by atoms with E-state index in [1.165, 1.54) is 12.1 Å². The number of benzene rings is 1. The lowest BCUT2D eigenvalue weighted by Gasteiger charge is -2.21. The van der Waals surface area contributed by atoms with Gasteiger partial charge in [-0.05, 0) is 45.5 Å². The first kappa shape index (κ1) is 22.4. The van der Waals surface area contributed by atoms with Crippen LogP contribution in [0.3, 0.4) is 0 Å². The zero-order valence-corrected chi connectivity index (χ0v) is 17.2. The van der Waals surface area contributed by atoms with Gasteiger partial charge in [0.15, 0.2) is 5.96 Å². The van der Waals surface area contributed by atoms with Gasteiger partial charge in [-0.2, -0.15) is 0 Å². The molecule has 0 radical (unpaired) electrons. The lowest BCUT2D eigenvalue weighted by molar-refractivity contribution is 0.161. The lowest BCUT2D eigenvalue weighted by Crippen LogP contribution is -2.44. The molecule has 1 aliphatic heterocycles. The van der Waals surface area contributed by atoms with Crippen molar-refractivity contribution in [2.45, 2.75) is 25.8 Å². The molecule has 28 heavy (non-hydrogen) atoms. The number of likely N-dealkylation sites (N-methyl/N-ethyl adjacent to an activating group) is 1. The Balaban J connectivity index is 1.81. The van der Waals surface area contributed by atoms with Crippen LogP contribution in [0.15, 0.2) is 23.2 Å². The molecule has 0 aliphatic carbocycles. The minimum Gasteiger partial charge on any atom is -0.383 e. The molecule has 1 atom stereocenters. The number of guanidine groups is 1. The normalized spacial score (nSPS) is 17.4. The quantitative estimate of drug-likeness (QED) is 0.360. The molecule has 1 aromatic rings. The molecule has 0 amide bonds. The Labute approximate surface area is 166 Å². The number of anilines is 1. The SMILES string of the molecule is CCNC(=NCCCN(C)CCOC)NC1CCN(c2ccc(F)cc2F)C1. The molecule has 0 spiro atoms. The third-order valence-corrected chi connectivity index (χ3v) is 4.77. The van der Waals surface area contributed by atoms with Crippen LogP contribution in [0.2, 0.25) is 0 Å². The molecule has 1 aromatic carbocycles. The Hall–Kier alpha value is -1.93. The molecule has 0 bridgehead atoms. The van der Waals surface area contributed by atoms with Gasteiger partial charge in [-0.1, -0.05) is 0 Å². The number of ether oxygens (including phenoxy) is 1. The number of nitrogens with zero attached hydrogens (tertiary/aromatic N) is 3. The van der Waals surface area contributed by atoms with Gasteiger partial charge in [-0.15, -0.1) is 0 Å². The number of hydrogen-bond donors (Lipinski definition) is 2. The molecular weight excluding hydrogens is 364 g/mol. The molecule has 2 rings (SSSR count). The summed E-state index contributed by atoms with van der Waals surface area (Å²) in [5.74, 6) is -0.281. The molecule has 8 heteroatoms. The largest absolute Gasteiger partial charge is 0.383 e. The third kappa shape index (κ3) is 7.24. The average molecular weight is 398 g/mol. The van der Waals surface area contributed by atoms with Gasteiger partial charge in [0.2, 0.25) is 0 Å². The van der Waals surface area contributed by atoms with Gasteiger partial charge in [0.25, 0.3) is 0 Å². The number of nitrogens with one attached hydrogen (secondary N) is 2. The predicted octanol–water partition coefficient (Wildman–Crippen LogP) is 2.07. The van der Waals surface area contributed by atoms with Crippen molar-refractivity contribution in [2.75, 3.05) is 64.9 Å². The van der Waals surface area contributed by atoms with E-state index in [2.05, 4.69) is 27.6 Å². The minimum atomic E-state index is -0.551. The van der Waals surface area contributed by atoms with E-state index in [0.717, 1.165) is 64.2 Å². The van der Waals surface area contributed by atoms with Crippen molar-refractivity contribution in [3.63, 3.8) is 0 Å². The van der Waals surface area contributed by atoms with Crippen LogP contribution in [0.25, 0.3) is 0 Å². The number of rotatable bonds is 10. The fraction of sp³-hybridized carbons (Fsp3) is 0.650. The van der Waals surface area contributed by atoms with E-state index in [0.29, 0.717) is 12.2 Å². The van der Waals surface area contributed by atoms with E-state index in [9.17, 15) is 8.78 Å². The zero-order valence-electron chi connectivity index (χ0n) is 17.2. The van der Waals surface area contributed by atoms with E-state index >= 15 is 0 Å². The van der Waals surface area contributed by atoms with Gasteiger partial charge in [0.05, 0.1) is 12.3 Å². The van der Waals surface area contributed by atoms with Gasteiger partial charge >= 0.3 is 0 Å². The summed E-state index contributed by atoms with van der Waals surface area (Å²) >= 11 is 0. The highest BCUT2D eigenvalue weighted by Gasteiger charge is 2.25. The number of aliphatic imine (C=N–C) groups is 1. The van der Waals surface area contributed by atoms with Crippen molar-refractivity contribution in [3.05, 3.63) is 29.8 Å². The second-order valence-electron chi connectivity index (χ2n) is 7.08. The summed E-state index contributed by atoms with van der Waals surface area (Å²) in [6.45, 7) is 7.54. The highest BCUT2D eigenvalue weighted by molar-refractivity contribution is 5.80. The second-order valence-corrected chi connectivity index (χ2v) is 7.08. The maximum absolute atomic E-state index is 14.0. The van der Waals surface area contributed by atoms with Gasteiger partial charge in [-0.25, -0.2) is 8.78 Å². The Kier molecular flexibility index (Phi) is 9.43. The number of halogens is 2. The van der Waals surface area contributed by atoms with Crippen molar-refractivity contribution < 1.29 is 13.5 Å². The molecule has 1 saturated heterocycles. The summed E-state index contributed by atoms with van der Waals surface area (Å²) in [5, 5.41) is 6.71. The van der Waals surface area contributed by atoms with Gasteiger partial charge < -0.3 is 25.2 Å². The number of hydrogen-bond acceptors (Lipinski definition) is 4. The van der Waals surface area contributed by atoms with E-state index in [1.54, 1.807) is 7.11 Å². The van der Waals surface area contributed by atoms with Gasteiger partial charge in [-0.3, -0.25) is 4.99 Å². The maximum atomic E-state index is 14.0. The lowest BCUT2D eigenvalue weighted by atomic mass is 10.2. The van der Waals surface area contributed by atoms with Crippen molar-refractivity contribution in [3.8, 4) is 0 Å². The summed E-state index contributed by atoms with van der Waals surface area (Å²) in [6, 6.07) is 3.91. The zero-order chi connectivity index (χ0) is 20.4. The summed E-state index contributed by atoms with van der Waals surface area (Å²) in [7, 11) is 3.79. The summed E-state index contributed by atoms with van der Waals surface area (Å²) in [6.07, 6.45) is 1.84. The van der Waals surface area contributed by atoms with Crippen LogP contribution in [0.4, 0.5) is 14.5 Å². The smallest absolute Gasteiger partial charge is 0.191 e. The van der Waals surface area contributed by atoms with Crippen LogP contribution in [0.5, 0.6) is 0 Å². The molecule has 6 nitrogen and oxygen atoms in total. The second kappa shape index (κ2) is 11.8. The first-order valence-electron chi connectivity index (χ1n) is 9.95.